The van der Waals surface area contributed by atoms with Crippen molar-refractivity contribution in [3.63, 3.8) is 0 Å². The number of carbonyl (C=O) groups excluding carboxylic acids is 1. The van der Waals surface area contributed by atoms with Crippen LogP contribution >= 0.6 is 0 Å². The summed E-state index contributed by atoms with van der Waals surface area (Å²) < 4.78 is 1.39. The highest BCUT2D eigenvalue weighted by atomic mass is 16.3. The zero-order valence-corrected chi connectivity index (χ0v) is 9.39. The smallest absolute Gasteiger partial charge is 0.261 e. The minimum absolute atomic E-state index is 0.0624. The van der Waals surface area contributed by atoms with Crippen molar-refractivity contribution in [3.05, 3.63) is 42.5 Å². The molecule has 0 aliphatic heterocycles. The summed E-state index contributed by atoms with van der Waals surface area (Å²) in [6.07, 6.45) is 4.29. The fourth-order valence-corrected chi connectivity index (χ4v) is 1.24. The van der Waals surface area contributed by atoms with E-state index < -0.39 is 0 Å². The van der Waals surface area contributed by atoms with Crippen LogP contribution in [-0.2, 0) is 11.3 Å². The molecule has 92 valence electrons. The van der Waals surface area contributed by atoms with E-state index in [1.807, 2.05) is 0 Å². The highest BCUT2D eigenvalue weighted by Gasteiger charge is 2.00. The van der Waals surface area contributed by atoms with Gasteiger partial charge in [0.2, 0.25) is 0 Å². The number of hydrazone groups is 1. The maximum absolute atomic E-state index is 11.4. The van der Waals surface area contributed by atoms with E-state index in [1.165, 1.54) is 23.6 Å². The van der Waals surface area contributed by atoms with E-state index in [9.17, 15) is 4.79 Å². The van der Waals surface area contributed by atoms with E-state index in [0.29, 0.717) is 0 Å². The number of carbonyl (C=O) groups is 1. The topological polar surface area (TPSA) is 92.4 Å². The van der Waals surface area contributed by atoms with Crippen LogP contribution in [0, 0.1) is 0 Å². The van der Waals surface area contributed by atoms with Gasteiger partial charge in [-0.1, -0.05) is 0 Å². The van der Waals surface area contributed by atoms with Crippen molar-refractivity contribution in [1.82, 2.24) is 20.2 Å². The van der Waals surface area contributed by atoms with Gasteiger partial charge in [-0.2, -0.15) is 10.2 Å². The summed E-state index contributed by atoms with van der Waals surface area (Å²) in [7, 11) is 0. The minimum atomic E-state index is -0.296. The SMILES string of the molecule is O=C(Cn1cncn1)N/N=C\c1ccc(O)cc1. The van der Waals surface area contributed by atoms with E-state index in [4.69, 9.17) is 5.11 Å². The molecule has 0 atom stereocenters. The molecule has 0 unspecified atom stereocenters. The highest BCUT2D eigenvalue weighted by molar-refractivity contribution is 5.82. The number of aromatic nitrogens is 3. The van der Waals surface area contributed by atoms with E-state index in [1.54, 1.807) is 24.3 Å². The molecule has 7 heteroatoms. The zero-order valence-electron chi connectivity index (χ0n) is 9.39. The quantitative estimate of drug-likeness (QED) is 0.591. The van der Waals surface area contributed by atoms with Crippen LogP contribution in [-0.4, -0.2) is 32.0 Å². The molecule has 18 heavy (non-hydrogen) atoms. The van der Waals surface area contributed by atoms with Crippen LogP contribution in [0.2, 0.25) is 0 Å². The lowest BCUT2D eigenvalue weighted by Gasteiger charge is -1.99. The normalized spacial score (nSPS) is 10.7. The van der Waals surface area contributed by atoms with Crippen LogP contribution in [0.3, 0.4) is 0 Å². The first-order valence-corrected chi connectivity index (χ1v) is 5.17. The van der Waals surface area contributed by atoms with Gasteiger partial charge in [0.05, 0.1) is 6.21 Å². The first-order valence-electron chi connectivity index (χ1n) is 5.17. The molecule has 2 aromatic rings. The number of aromatic hydroxyl groups is 1. The Kier molecular flexibility index (Phi) is 3.65. The Bertz CT molecular complexity index is 533. The summed E-state index contributed by atoms with van der Waals surface area (Å²) in [5.41, 5.74) is 3.14. The van der Waals surface area contributed by atoms with Crippen LogP contribution in [0.4, 0.5) is 0 Å². The molecule has 0 aliphatic carbocycles. The molecule has 0 saturated carbocycles. The van der Waals surface area contributed by atoms with Crippen molar-refractivity contribution in [3.8, 4) is 5.75 Å². The first kappa shape index (κ1) is 11.8. The van der Waals surface area contributed by atoms with Crippen molar-refractivity contribution in [2.45, 2.75) is 6.54 Å². The number of phenols is 1. The van der Waals surface area contributed by atoms with Crippen molar-refractivity contribution in [1.29, 1.82) is 0 Å². The van der Waals surface area contributed by atoms with Gasteiger partial charge < -0.3 is 5.11 Å². The molecule has 7 nitrogen and oxygen atoms in total. The van der Waals surface area contributed by atoms with E-state index in [2.05, 4.69) is 20.6 Å². The fraction of sp³-hybridized carbons (Fsp3) is 0.0909. The van der Waals surface area contributed by atoms with E-state index in [0.717, 1.165) is 5.56 Å². The molecule has 1 aromatic heterocycles. The molecule has 2 N–H and O–H groups in total. The molecule has 1 aromatic carbocycles. The summed E-state index contributed by atoms with van der Waals surface area (Å²) in [6, 6.07) is 6.45. The standard InChI is InChI=1S/C11H11N5O2/c17-10-3-1-9(2-4-10)5-13-15-11(18)6-16-8-12-7-14-16/h1-5,7-8,17H,6H2,(H,15,18)/b13-5-. The lowest BCUT2D eigenvalue weighted by atomic mass is 10.2. The van der Waals surface area contributed by atoms with Gasteiger partial charge in [0, 0.05) is 0 Å². The molecule has 1 amide bonds. The minimum Gasteiger partial charge on any atom is -0.508 e. The first-order chi connectivity index (χ1) is 8.74. The third-order valence-electron chi connectivity index (χ3n) is 2.07. The van der Waals surface area contributed by atoms with E-state index in [-0.39, 0.29) is 18.2 Å². The number of benzene rings is 1. The predicted octanol–water partition coefficient (Wildman–Crippen LogP) is 0.134. The van der Waals surface area contributed by atoms with Crippen LogP contribution < -0.4 is 5.43 Å². The maximum atomic E-state index is 11.4. The number of phenolic OH excluding ortho intramolecular Hbond substituents is 1. The summed E-state index contributed by atoms with van der Waals surface area (Å²) in [5, 5.41) is 16.7. The summed E-state index contributed by atoms with van der Waals surface area (Å²) in [4.78, 5) is 15.1. The third-order valence-corrected chi connectivity index (χ3v) is 2.07. The van der Waals surface area contributed by atoms with Gasteiger partial charge in [0.15, 0.2) is 0 Å². The fourth-order valence-electron chi connectivity index (χ4n) is 1.24. The Balaban J connectivity index is 1.84. The molecule has 0 spiro atoms. The number of nitrogens with zero attached hydrogens (tertiary/aromatic N) is 4. The second-order valence-electron chi connectivity index (χ2n) is 3.48. The lowest BCUT2D eigenvalue weighted by molar-refractivity contribution is -0.121. The summed E-state index contributed by atoms with van der Waals surface area (Å²) in [6.45, 7) is 0.0624. The third kappa shape index (κ3) is 3.41. The van der Waals surface area contributed by atoms with Crippen molar-refractivity contribution in [2.24, 2.45) is 5.10 Å². The Labute approximate surface area is 103 Å². The van der Waals surface area contributed by atoms with Crippen LogP contribution in [0.15, 0.2) is 42.0 Å². The highest BCUT2D eigenvalue weighted by Crippen LogP contribution is 2.07. The summed E-state index contributed by atoms with van der Waals surface area (Å²) in [5.74, 6) is -0.113. The zero-order chi connectivity index (χ0) is 12.8. The molecule has 1 heterocycles. The number of amides is 1. The molecular formula is C11H11N5O2. The molecule has 0 aliphatic rings. The Morgan fingerprint density at radius 1 is 1.44 bits per heavy atom. The Morgan fingerprint density at radius 2 is 2.22 bits per heavy atom. The van der Waals surface area contributed by atoms with Gasteiger partial charge in [-0.25, -0.2) is 15.1 Å². The van der Waals surface area contributed by atoms with Crippen LogP contribution in [0.25, 0.3) is 0 Å². The molecule has 0 radical (unpaired) electrons. The predicted molar refractivity (Wildman–Crippen MR) is 63.9 cm³/mol. The second-order valence-corrected chi connectivity index (χ2v) is 3.48. The van der Waals surface area contributed by atoms with Crippen LogP contribution in [0.1, 0.15) is 5.56 Å². The molecular weight excluding hydrogens is 234 g/mol. The van der Waals surface area contributed by atoms with Crippen molar-refractivity contribution < 1.29 is 9.90 Å². The Hall–Kier alpha value is -2.70. The lowest BCUT2D eigenvalue weighted by Crippen LogP contribution is -2.23. The van der Waals surface area contributed by atoms with Gasteiger partial charge in [0.1, 0.15) is 24.9 Å². The number of hydrogen-bond donors (Lipinski definition) is 2. The van der Waals surface area contributed by atoms with E-state index >= 15 is 0 Å². The van der Waals surface area contributed by atoms with Gasteiger partial charge in [-0.05, 0) is 29.8 Å². The molecule has 2 rings (SSSR count). The average Bonchev–Trinajstić information content (AvgIpc) is 2.84. The van der Waals surface area contributed by atoms with Gasteiger partial charge in [-0.15, -0.1) is 0 Å². The van der Waals surface area contributed by atoms with Gasteiger partial charge in [0.25, 0.3) is 5.91 Å². The van der Waals surface area contributed by atoms with Crippen molar-refractivity contribution in [2.75, 3.05) is 0 Å². The number of nitrogens with one attached hydrogen (secondary N) is 1. The van der Waals surface area contributed by atoms with Crippen molar-refractivity contribution >= 4 is 12.1 Å². The summed E-state index contributed by atoms with van der Waals surface area (Å²) >= 11 is 0. The van der Waals surface area contributed by atoms with Gasteiger partial charge >= 0.3 is 0 Å². The monoisotopic (exact) mass is 245 g/mol. The molecule has 0 saturated heterocycles. The van der Waals surface area contributed by atoms with Crippen LogP contribution in [0.5, 0.6) is 5.75 Å². The second kappa shape index (κ2) is 5.58. The number of hydrogen-bond acceptors (Lipinski definition) is 5. The largest absolute Gasteiger partial charge is 0.508 e. The average molecular weight is 245 g/mol. The molecule has 0 bridgehead atoms. The van der Waals surface area contributed by atoms with Gasteiger partial charge in [-0.3, -0.25) is 4.79 Å². The number of rotatable bonds is 4. The maximum Gasteiger partial charge on any atom is 0.261 e. The Morgan fingerprint density at radius 3 is 2.89 bits per heavy atom. The molecule has 0 fully saturated rings.